The normalized spacial score (nSPS) is 13.4. The Balaban J connectivity index is 2.20. The van der Waals surface area contributed by atoms with Crippen LogP contribution in [0, 0.1) is 21.1 Å². The Kier molecular flexibility index (Phi) is 4.85. The highest BCUT2D eigenvalue weighted by Crippen LogP contribution is 2.14. The van der Waals surface area contributed by atoms with Gasteiger partial charge in [0.2, 0.25) is 10.9 Å². The third-order valence-electron chi connectivity index (χ3n) is 6.08. The maximum absolute atomic E-state index is 13.9. The van der Waals surface area contributed by atoms with E-state index in [0.717, 1.165) is 9.13 Å². The van der Waals surface area contributed by atoms with E-state index in [1.54, 1.807) is 0 Å². The Labute approximate surface area is 199 Å². The molecule has 0 unspecified atom stereocenters. The summed E-state index contributed by atoms with van der Waals surface area (Å²) in [5, 5.41) is 37.6. The highest BCUT2D eigenvalue weighted by atomic mass is 16.3. The first kappa shape index (κ1) is 22.7. The number of phenols is 2. The van der Waals surface area contributed by atoms with E-state index < -0.39 is 43.9 Å². The van der Waals surface area contributed by atoms with Crippen LogP contribution < -0.4 is 32.4 Å². The summed E-state index contributed by atoms with van der Waals surface area (Å²) in [5.41, 5.74) is -3.18. The second-order valence-electron chi connectivity index (χ2n) is 8.34. The fourth-order valence-corrected chi connectivity index (χ4v) is 4.58. The Hall–Kier alpha value is -5.12. The third kappa shape index (κ3) is 2.97. The van der Waals surface area contributed by atoms with Crippen molar-refractivity contribution in [3.63, 3.8) is 0 Å². The minimum absolute atomic E-state index is 0.100. The number of nitrogens with zero attached hydrogens (tertiary/aromatic N) is 2. The van der Waals surface area contributed by atoms with Gasteiger partial charge in [-0.2, -0.15) is 0 Å². The van der Waals surface area contributed by atoms with Crippen LogP contribution in [0.2, 0.25) is 0 Å². The van der Waals surface area contributed by atoms with Crippen LogP contribution in [-0.2, 0) is 0 Å². The van der Waals surface area contributed by atoms with Crippen molar-refractivity contribution in [1.29, 1.82) is 0 Å². The molecule has 0 radical (unpaired) electrons. The molecule has 5 rings (SSSR count). The molecule has 2 aliphatic heterocycles. The molecule has 1 aliphatic carbocycles. The number of hydrogen-bond acceptors (Lipinski definition) is 8. The molecule has 4 N–H and O–H groups in total. The number of phenolic OH excluding ortho intramolecular Hbond substituents is 2. The van der Waals surface area contributed by atoms with Gasteiger partial charge >= 0.3 is 0 Å². The van der Waals surface area contributed by atoms with Crippen molar-refractivity contribution in [2.75, 3.05) is 0 Å². The average Bonchev–Trinajstić information content (AvgIpc) is 3.31. The van der Waals surface area contributed by atoms with Crippen LogP contribution >= 0.6 is 0 Å². The number of aliphatic hydroxyl groups excluding tert-OH is 2. The molecule has 3 aliphatic rings. The summed E-state index contributed by atoms with van der Waals surface area (Å²) in [4.78, 5) is 54.6. The highest BCUT2D eigenvalue weighted by molar-refractivity contribution is 5.44. The monoisotopic (exact) mass is 486 g/mol. The van der Waals surface area contributed by atoms with Gasteiger partial charge in [0.1, 0.15) is 33.7 Å². The zero-order valence-corrected chi connectivity index (χ0v) is 18.9. The molecule has 0 saturated heterocycles. The molecule has 180 valence electrons. The molecule has 0 bridgehead atoms. The number of hydrogen-bond donors (Lipinski definition) is 4. The molecule has 2 aromatic rings. The Morgan fingerprint density at radius 2 is 0.889 bits per heavy atom. The van der Waals surface area contributed by atoms with Crippen LogP contribution in [0.3, 0.4) is 0 Å². The highest BCUT2D eigenvalue weighted by Gasteiger charge is 2.23. The van der Waals surface area contributed by atoms with E-state index in [-0.39, 0.29) is 44.0 Å². The standard InChI is InChI=1S/C26H18N2O8/c1-11(29)17-19-21(27(25(17)35)13-3-7-15(31)8-4-13)24(34)20-18(12(2)30)26(36)28(22(20)23(19)33)14-5-9-16(32)10-6-14/h3-10,29-32H,1-2H3/b17-11-,18-12+. The van der Waals surface area contributed by atoms with E-state index in [4.69, 9.17) is 0 Å². The second-order valence-corrected chi connectivity index (χ2v) is 8.34. The van der Waals surface area contributed by atoms with Crippen LogP contribution in [-0.4, -0.2) is 29.6 Å². The lowest BCUT2D eigenvalue weighted by Crippen LogP contribution is -2.33. The first-order valence-electron chi connectivity index (χ1n) is 10.7. The fourth-order valence-electron chi connectivity index (χ4n) is 4.58. The second kappa shape index (κ2) is 7.70. The maximum atomic E-state index is 13.9. The lowest BCUT2D eigenvalue weighted by molar-refractivity contribution is 0.474. The molecule has 0 spiro atoms. The summed E-state index contributed by atoms with van der Waals surface area (Å²) >= 11 is 0. The van der Waals surface area contributed by atoms with Crippen LogP contribution in [0.25, 0.3) is 22.9 Å². The summed E-state index contributed by atoms with van der Waals surface area (Å²) in [7, 11) is 0. The first-order chi connectivity index (χ1) is 17.0. The number of benzene rings is 2. The van der Waals surface area contributed by atoms with Gasteiger partial charge in [0.05, 0.1) is 20.9 Å². The molecule has 2 heterocycles. The van der Waals surface area contributed by atoms with Crippen molar-refractivity contribution in [2.24, 2.45) is 0 Å². The first-order valence-corrected chi connectivity index (χ1v) is 10.7. The zero-order chi connectivity index (χ0) is 26.0. The van der Waals surface area contributed by atoms with Crippen molar-refractivity contribution in [3.05, 3.63) is 121 Å². The molecule has 0 fully saturated rings. The minimum atomic E-state index is -0.879. The molecule has 0 aromatic heterocycles. The van der Waals surface area contributed by atoms with E-state index in [0.29, 0.717) is 0 Å². The molecular weight excluding hydrogens is 468 g/mol. The molecule has 0 amide bonds. The molecule has 10 heteroatoms. The van der Waals surface area contributed by atoms with Gasteiger partial charge in [0.15, 0.2) is 0 Å². The van der Waals surface area contributed by atoms with Crippen LogP contribution in [0.1, 0.15) is 13.8 Å². The summed E-state index contributed by atoms with van der Waals surface area (Å²) < 4.78 is 1.87. The molecule has 2 aromatic carbocycles. The quantitative estimate of drug-likeness (QED) is 0.267. The van der Waals surface area contributed by atoms with E-state index in [9.17, 15) is 39.6 Å². The minimum Gasteiger partial charge on any atom is -0.512 e. The van der Waals surface area contributed by atoms with Gasteiger partial charge in [-0.15, -0.1) is 0 Å². The Morgan fingerprint density at radius 3 is 1.17 bits per heavy atom. The lowest BCUT2D eigenvalue weighted by Gasteiger charge is -2.04. The van der Waals surface area contributed by atoms with E-state index in [1.807, 2.05) is 0 Å². The van der Waals surface area contributed by atoms with Gasteiger partial charge in [-0.05, 0) is 62.4 Å². The largest absolute Gasteiger partial charge is 0.512 e. The summed E-state index contributed by atoms with van der Waals surface area (Å²) in [6, 6.07) is 10.5. The van der Waals surface area contributed by atoms with Crippen molar-refractivity contribution in [2.45, 2.75) is 13.8 Å². The Morgan fingerprint density at radius 1 is 0.583 bits per heavy atom. The number of rotatable bonds is 2. The van der Waals surface area contributed by atoms with Crippen molar-refractivity contribution in [1.82, 2.24) is 9.13 Å². The van der Waals surface area contributed by atoms with Crippen molar-refractivity contribution < 1.29 is 20.4 Å². The fraction of sp³-hybridized carbons (Fsp3) is 0.0769. The van der Waals surface area contributed by atoms with Gasteiger partial charge in [-0.1, -0.05) is 0 Å². The summed E-state index contributed by atoms with van der Waals surface area (Å²) in [6.07, 6.45) is 0. The maximum Gasteiger partial charge on any atom is 0.267 e. The van der Waals surface area contributed by atoms with E-state index in [1.165, 1.54) is 62.4 Å². The molecule has 0 saturated carbocycles. The van der Waals surface area contributed by atoms with Crippen molar-refractivity contribution >= 4 is 11.5 Å². The Bertz CT molecular complexity index is 2000. The van der Waals surface area contributed by atoms with Gasteiger partial charge in [-0.25, -0.2) is 0 Å². The molecule has 0 atom stereocenters. The van der Waals surface area contributed by atoms with Gasteiger partial charge in [-0.3, -0.25) is 28.3 Å². The van der Waals surface area contributed by atoms with Crippen molar-refractivity contribution in [3.8, 4) is 22.9 Å². The van der Waals surface area contributed by atoms with E-state index in [2.05, 4.69) is 0 Å². The predicted octanol–water partition coefficient (Wildman–Crippen LogP) is -0.183. The SMILES string of the molecule is C/C(O)=c1\c2c(=O)c3n(-c4ccc(O)cc4)c(=O)/c(=C(\C)O)c=3c(=O)c=2n(-c2ccc(O)cc2)c1=O. The smallest absolute Gasteiger partial charge is 0.267 e. The topological polar surface area (TPSA) is 159 Å². The van der Waals surface area contributed by atoms with Gasteiger partial charge < -0.3 is 20.4 Å². The van der Waals surface area contributed by atoms with Crippen LogP contribution in [0.15, 0.2) is 67.7 Å². The number of aromatic nitrogens is 2. The van der Waals surface area contributed by atoms with Crippen LogP contribution in [0.4, 0.5) is 0 Å². The van der Waals surface area contributed by atoms with Gasteiger partial charge in [0, 0.05) is 11.4 Å². The molecule has 10 nitrogen and oxygen atoms in total. The summed E-state index contributed by atoms with van der Waals surface area (Å²) in [6.45, 7) is 2.39. The average molecular weight is 486 g/mol. The number of aromatic hydroxyl groups is 2. The summed E-state index contributed by atoms with van der Waals surface area (Å²) in [5.74, 6) is -1.21. The zero-order valence-electron chi connectivity index (χ0n) is 18.9. The number of aliphatic hydroxyl groups is 2. The van der Waals surface area contributed by atoms with Gasteiger partial charge in [0.25, 0.3) is 11.1 Å². The van der Waals surface area contributed by atoms with Crippen LogP contribution in [0.5, 0.6) is 11.5 Å². The predicted molar refractivity (Wildman–Crippen MR) is 129 cm³/mol. The molecule has 36 heavy (non-hydrogen) atoms. The molecular formula is C26H18N2O8. The lowest BCUT2D eigenvalue weighted by atomic mass is 10.2. The third-order valence-corrected chi connectivity index (χ3v) is 6.08. The van der Waals surface area contributed by atoms with E-state index >= 15 is 0 Å².